The molecule has 1 aromatic rings. The molecule has 0 saturated carbocycles. The summed E-state index contributed by atoms with van der Waals surface area (Å²) in [5.41, 5.74) is 1.20. The Morgan fingerprint density at radius 1 is 1.29 bits per heavy atom. The fourth-order valence-corrected chi connectivity index (χ4v) is 1.48. The minimum atomic E-state index is 0.0845. The predicted octanol–water partition coefficient (Wildman–Crippen LogP) is 2.16. The van der Waals surface area contributed by atoms with Crippen molar-refractivity contribution in [2.75, 3.05) is 13.2 Å². The molecule has 0 saturated heterocycles. The molecule has 0 atom stereocenters. The number of carbonyl (C=O) groups excluding carboxylic acids is 1. The van der Waals surface area contributed by atoms with Gasteiger partial charge in [0.2, 0.25) is 5.91 Å². The largest absolute Gasteiger partial charge is 0.377 e. The van der Waals surface area contributed by atoms with Gasteiger partial charge >= 0.3 is 0 Å². The zero-order valence-electron chi connectivity index (χ0n) is 10.6. The van der Waals surface area contributed by atoms with Gasteiger partial charge < -0.3 is 10.1 Å². The quantitative estimate of drug-likeness (QED) is 0.735. The number of benzene rings is 1. The first-order valence-corrected chi connectivity index (χ1v) is 6.10. The van der Waals surface area contributed by atoms with Crippen LogP contribution >= 0.6 is 0 Å². The molecule has 1 rings (SSSR count). The topological polar surface area (TPSA) is 38.3 Å². The SMILES string of the molecule is CC(C)OCCNC(=O)CCc1ccccc1. The lowest BCUT2D eigenvalue weighted by atomic mass is 10.1. The van der Waals surface area contributed by atoms with Crippen molar-refractivity contribution in [3.05, 3.63) is 35.9 Å². The lowest BCUT2D eigenvalue weighted by Crippen LogP contribution is -2.28. The maximum atomic E-state index is 11.5. The molecule has 0 bridgehead atoms. The monoisotopic (exact) mass is 235 g/mol. The summed E-state index contributed by atoms with van der Waals surface area (Å²) in [4.78, 5) is 11.5. The van der Waals surface area contributed by atoms with Gasteiger partial charge in [0.15, 0.2) is 0 Å². The number of rotatable bonds is 7. The van der Waals surface area contributed by atoms with E-state index in [2.05, 4.69) is 5.32 Å². The van der Waals surface area contributed by atoms with E-state index in [0.717, 1.165) is 6.42 Å². The molecular weight excluding hydrogens is 214 g/mol. The molecule has 17 heavy (non-hydrogen) atoms. The van der Waals surface area contributed by atoms with E-state index in [0.29, 0.717) is 19.6 Å². The van der Waals surface area contributed by atoms with Gasteiger partial charge in [-0.05, 0) is 25.8 Å². The molecular formula is C14H21NO2. The van der Waals surface area contributed by atoms with Crippen LogP contribution in [-0.4, -0.2) is 25.2 Å². The van der Waals surface area contributed by atoms with E-state index in [4.69, 9.17) is 4.74 Å². The van der Waals surface area contributed by atoms with Gasteiger partial charge in [-0.1, -0.05) is 30.3 Å². The van der Waals surface area contributed by atoms with Crippen LogP contribution in [-0.2, 0) is 16.0 Å². The highest BCUT2D eigenvalue weighted by molar-refractivity contribution is 5.76. The summed E-state index contributed by atoms with van der Waals surface area (Å²) in [6.07, 6.45) is 1.54. The minimum absolute atomic E-state index is 0.0845. The Morgan fingerprint density at radius 3 is 2.65 bits per heavy atom. The molecule has 94 valence electrons. The third-order valence-corrected chi connectivity index (χ3v) is 2.36. The summed E-state index contributed by atoms with van der Waals surface area (Å²) in [5, 5.41) is 2.84. The Balaban J connectivity index is 2.09. The van der Waals surface area contributed by atoms with E-state index in [1.165, 1.54) is 5.56 Å². The van der Waals surface area contributed by atoms with Gasteiger partial charge in [0.25, 0.3) is 0 Å². The summed E-state index contributed by atoms with van der Waals surface area (Å²) in [6.45, 7) is 5.13. The van der Waals surface area contributed by atoms with E-state index in [1.807, 2.05) is 44.2 Å². The number of ether oxygens (including phenoxy) is 1. The molecule has 0 aliphatic heterocycles. The van der Waals surface area contributed by atoms with E-state index in [1.54, 1.807) is 0 Å². The van der Waals surface area contributed by atoms with Crippen LogP contribution < -0.4 is 5.32 Å². The highest BCUT2D eigenvalue weighted by Gasteiger charge is 2.01. The molecule has 0 radical (unpaired) electrons. The van der Waals surface area contributed by atoms with E-state index < -0.39 is 0 Å². The van der Waals surface area contributed by atoms with Crippen LogP contribution in [0.3, 0.4) is 0 Å². The zero-order valence-corrected chi connectivity index (χ0v) is 10.6. The summed E-state index contributed by atoms with van der Waals surface area (Å²) in [7, 11) is 0. The number of hydrogen-bond acceptors (Lipinski definition) is 2. The van der Waals surface area contributed by atoms with Crippen molar-refractivity contribution in [3.8, 4) is 0 Å². The summed E-state index contributed by atoms with van der Waals surface area (Å²) in [6, 6.07) is 10.0. The number of nitrogens with one attached hydrogen (secondary N) is 1. The standard InChI is InChI=1S/C14H21NO2/c1-12(2)17-11-10-15-14(16)9-8-13-6-4-3-5-7-13/h3-7,12H,8-11H2,1-2H3,(H,15,16). The Hall–Kier alpha value is -1.35. The number of aryl methyl sites for hydroxylation is 1. The molecule has 1 N–H and O–H groups in total. The van der Waals surface area contributed by atoms with Gasteiger partial charge in [-0.15, -0.1) is 0 Å². The maximum absolute atomic E-state index is 11.5. The van der Waals surface area contributed by atoms with Crippen molar-refractivity contribution in [3.63, 3.8) is 0 Å². The van der Waals surface area contributed by atoms with Gasteiger partial charge in [-0.3, -0.25) is 4.79 Å². The molecule has 3 nitrogen and oxygen atoms in total. The molecule has 0 aliphatic rings. The van der Waals surface area contributed by atoms with E-state index in [9.17, 15) is 4.79 Å². The zero-order chi connectivity index (χ0) is 12.5. The Kier molecular flexibility index (Phi) is 6.33. The fourth-order valence-electron chi connectivity index (χ4n) is 1.48. The first kappa shape index (κ1) is 13.7. The van der Waals surface area contributed by atoms with Crippen LogP contribution in [0.2, 0.25) is 0 Å². The Morgan fingerprint density at radius 2 is 2.00 bits per heavy atom. The third-order valence-electron chi connectivity index (χ3n) is 2.36. The highest BCUT2D eigenvalue weighted by Crippen LogP contribution is 2.01. The lowest BCUT2D eigenvalue weighted by molar-refractivity contribution is -0.121. The van der Waals surface area contributed by atoms with Crippen molar-refractivity contribution in [2.24, 2.45) is 0 Å². The molecule has 0 aromatic heterocycles. The molecule has 0 aliphatic carbocycles. The molecule has 1 aromatic carbocycles. The van der Waals surface area contributed by atoms with Crippen molar-refractivity contribution < 1.29 is 9.53 Å². The van der Waals surface area contributed by atoms with Gasteiger partial charge in [0.1, 0.15) is 0 Å². The van der Waals surface area contributed by atoms with Crippen molar-refractivity contribution in [1.29, 1.82) is 0 Å². The Bertz CT molecular complexity index is 322. The third kappa shape index (κ3) is 6.74. The molecule has 3 heteroatoms. The van der Waals surface area contributed by atoms with Crippen LogP contribution in [0.25, 0.3) is 0 Å². The fraction of sp³-hybridized carbons (Fsp3) is 0.500. The van der Waals surface area contributed by atoms with Crippen molar-refractivity contribution in [1.82, 2.24) is 5.32 Å². The smallest absolute Gasteiger partial charge is 0.220 e. The predicted molar refractivity (Wildman–Crippen MR) is 68.9 cm³/mol. The second kappa shape index (κ2) is 7.85. The minimum Gasteiger partial charge on any atom is -0.377 e. The van der Waals surface area contributed by atoms with Crippen LogP contribution in [0.15, 0.2) is 30.3 Å². The molecule has 0 unspecified atom stereocenters. The van der Waals surface area contributed by atoms with Crippen LogP contribution in [0.5, 0.6) is 0 Å². The van der Waals surface area contributed by atoms with Gasteiger partial charge in [0.05, 0.1) is 12.7 Å². The van der Waals surface area contributed by atoms with E-state index >= 15 is 0 Å². The first-order chi connectivity index (χ1) is 8.18. The molecule has 1 amide bonds. The second-order valence-corrected chi connectivity index (χ2v) is 4.26. The second-order valence-electron chi connectivity index (χ2n) is 4.26. The number of carbonyl (C=O) groups is 1. The first-order valence-electron chi connectivity index (χ1n) is 6.10. The highest BCUT2D eigenvalue weighted by atomic mass is 16.5. The van der Waals surface area contributed by atoms with Gasteiger partial charge in [0, 0.05) is 13.0 Å². The van der Waals surface area contributed by atoms with Gasteiger partial charge in [-0.2, -0.15) is 0 Å². The number of amides is 1. The number of hydrogen-bond donors (Lipinski definition) is 1. The lowest BCUT2D eigenvalue weighted by Gasteiger charge is -2.08. The van der Waals surface area contributed by atoms with Gasteiger partial charge in [-0.25, -0.2) is 0 Å². The summed E-state index contributed by atoms with van der Waals surface area (Å²) in [5.74, 6) is 0.0845. The maximum Gasteiger partial charge on any atom is 0.220 e. The van der Waals surface area contributed by atoms with E-state index in [-0.39, 0.29) is 12.0 Å². The molecule has 0 fully saturated rings. The molecule has 0 spiro atoms. The van der Waals surface area contributed by atoms with Crippen molar-refractivity contribution >= 4 is 5.91 Å². The van der Waals surface area contributed by atoms with Crippen LogP contribution in [0, 0.1) is 0 Å². The summed E-state index contributed by atoms with van der Waals surface area (Å²) < 4.78 is 5.34. The van der Waals surface area contributed by atoms with Crippen molar-refractivity contribution in [2.45, 2.75) is 32.8 Å². The van der Waals surface area contributed by atoms with Crippen LogP contribution in [0.4, 0.5) is 0 Å². The molecule has 0 heterocycles. The average Bonchev–Trinajstić information content (AvgIpc) is 2.33. The Labute approximate surface area is 103 Å². The normalized spacial score (nSPS) is 10.5. The van der Waals surface area contributed by atoms with Crippen LogP contribution in [0.1, 0.15) is 25.8 Å². The average molecular weight is 235 g/mol. The summed E-state index contributed by atoms with van der Waals surface area (Å²) >= 11 is 0.